The molecule has 0 saturated heterocycles. The SMILES string of the molecule is C=CC1=C(/C=C\C)OCc2cc(F)ccc2N1. The van der Waals surface area contributed by atoms with E-state index in [1.807, 2.05) is 19.1 Å². The predicted molar refractivity (Wildman–Crippen MR) is 66.8 cm³/mol. The van der Waals surface area contributed by atoms with Gasteiger partial charge in [0, 0.05) is 11.3 Å². The van der Waals surface area contributed by atoms with Crippen molar-refractivity contribution in [1.29, 1.82) is 0 Å². The molecule has 2 nitrogen and oxygen atoms in total. The number of benzene rings is 1. The Labute approximate surface area is 100 Å². The average molecular weight is 231 g/mol. The van der Waals surface area contributed by atoms with Crippen molar-refractivity contribution >= 4 is 5.69 Å². The highest BCUT2D eigenvalue weighted by Gasteiger charge is 2.13. The number of rotatable bonds is 2. The summed E-state index contributed by atoms with van der Waals surface area (Å²) < 4.78 is 18.7. The summed E-state index contributed by atoms with van der Waals surface area (Å²) in [4.78, 5) is 0. The molecule has 0 aromatic heterocycles. The molecule has 0 spiro atoms. The molecular formula is C14H14FNO. The molecule has 0 saturated carbocycles. The second-order valence-electron chi connectivity index (χ2n) is 3.70. The predicted octanol–water partition coefficient (Wildman–Crippen LogP) is 3.74. The van der Waals surface area contributed by atoms with Crippen LogP contribution in [-0.2, 0) is 11.3 Å². The van der Waals surface area contributed by atoms with Crippen molar-refractivity contribution in [3.05, 3.63) is 65.8 Å². The molecule has 0 fully saturated rings. The molecule has 3 heteroatoms. The van der Waals surface area contributed by atoms with E-state index >= 15 is 0 Å². The third-order valence-corrected chi connectivity index (χ3v) is 2.51. The number of hydrogen-bond donors (Lipinski definition) is 1. The molecule has 1 heterocycles. The van der Waals surface area contributed by atoms with Crippen molar-refractivity contribution in [2.75, 3.05) is 5.32 Å². The third-order valence-electron chi connectivity index (χ3n) is 2.51. The first-order valence-corrected chi connectivity index (χ1v) is 5.42. The van der Waals surface area contributed by atoms with Crippen LogP contribution in [0.2, 0.25) is 0 Å². The van der Waals surface area contributed by atoms with E-state index in [1.165, 1.54) is 12.1 Å². The maximum atomic E-state index is 13.1. The van der Waals surface area contributed by atoms with Crippen LogP contribution in [0.5, 0.6) is 0 Å². The lowest BCUT2D eigenvalue weighted by Gasteiger charge is -2.07. The summed E-state index contributed by atoms with van der Waals surface area (Å²) in [5.41, 5.74) is 2.43. The first kappa shape index (κ1) is 11.5. The maximum Gasteiger partial charge on any atom is 0.142 e. The van der Waals surface area contributed by atoms with E-state index in [1.54, 1.807) is 12.1 Å². The lowest BCUT2D eigenvalue weighted by molar-refractivity contribution is 0.211. The van der Waals surface area contributed by atoms with Gasteiger partial charge in [-0.1, -0.05) is 12.7 Å². The number of anilines is 1. The smallest absolute Gasteiger partial charge is 0.142 e. The minimum Gasteiger partial charge on any atom is -0.487 e. The molecule has 2 rings (SSSR count). The molecule has 1 N–H and O–H groups in total. The Morgan fingerprint density at radius 1 is 1.47 bits per heavy atom. The minimum atomic E-state index is -0.260. The molecule has 1 aromatic rings. The second-order valence-corrected chi connectivity index (χ2v) is 3.70. The van der Waals surface area contributed by atoms with Gasteiger partial charge < -0.3 is 10.1 Å². The zero-order valence-corrected chi connectivity index (χ0v) is 9.66. The van der Waals surface area contributed by atoms with Crippen LogP contribution in [0.3, 0.4) is 0 Å². The van der Waals surface area contributed by atoms with Gasteiger partial charge in [-0.25, -0.2) is 4.39 Å². The van der Waals surface area contributed by atoms with E-state index in [9.17, 15) is 4.39 Å². The van der Waals surface area contributed by atoms with Gasteiger partial charge in [0.1, 0.15) is 18.2 Å². The van der Waals surface area contributed by atoms with Crippen LogP contribution in [0.25, 0.3) is 0 Å². The fourth-order valence-corrected chi connectivity index (χ4v) is 1.68. The standard InChI is InChI=1S/C14H14FNO/c1-3-5-14-12(4-2)16-13-7-6-11(15)8-10(13)9-17-14/h3-8,16H,2,9H2,1H3/b5-3-. The van der Waals surface area contributed by atoms with Crippen LogP contribution in [0.15, 0.2) is 54.5 Å². The van der Waals surface area contributed by atoms with Crippen molar-refractivity contribution in [2.24, 2.45) is 0 Å². The Hall–Kier alpha value is -2.03. The van der Waals surface area contributed by atoms with Gasteiger partial charge in [-0.2, -0.15) is 0 Å². The molecule has 0 aliphatic carbocycles. The summed E-state index contributed by atoms with van der Waals surface area (Å²) in [6, 6.07) is 4.60. The molecule has 17 heavy (non-hydrogen) atoms. The number of fused-ring (bicyclic) bond motifs is 1. The molecule has 0 bridgehead atoms. The average Bonchev–Trinajstić information content (AvgIpc) is 2.49. The van der Waals surface area contributed by atoms with Crippen LogP contribution in [0.1, 0.15) is 12.5 Å². The topological polar surface area (TPSA) is 21.3 Å². The van der Waals surface area contributed by atoms with Gasteiger partial charge in [0.15, 0.2) is 0 Å². The van der Waals surface area contributed by atoms with Crippen molar-refractivity contribution in [2.45, 2.75) is 13.5 Å². The molecule has 1 aromatic carbocycles. The monoisotopic (exact) mass is 231 g/mol. The highest BCUT2D eigenvalue weighted by Crippen LogP contribution is 2.26. The summed E-state index contributed by atoms with van der Waals surface area (Å²) in [5, 5.41) is 3.19. The van der Waals surface area contributed by atoms with Crippen molar-refractivity contribution in [1.82, 2.24) is 0 Å². The quantitative estimate of drug-likeness (QED) is 0.837. The fourth-order valence-electron chi connectivity index (χ4n) is 1.68. The molecule has 0 unspecified atom stereocenters. The van der Waals surface area contributed by atoms with Crippen LogP contribution in [0.4, 0.5) is 10.1 Å². The van der Waals surface area contributed by atoms with E-state index in [0.717, 1.165) is 16.9 Å². The van der Waals surface area contributed by atoms with E-state index in [0.29, 0.717) is 12.4 Å². The van der Waals surface area contributed by atoms with Gasteiger partial charge in [-0.05, 0) is 37.3 Å². The second kappa shape index (κ2) is 4.87. The van der Waals surface area contributed by atoms with Gasteiger partial charge in [0.2, 0.25) is 0 Å². The molecule has 1 aliphatic heterocycles. The number of nitrogens with one attached hydrogen (secondary N) is 1. The molecule has 88 valence electrons. The Bertz CT molecular complexity index is 503. The van der Waals surface area contributed by atoms with Gasteiger partial charge in [-0.3, -0.25) is 0 Å². The van der Waals surface area contributed by atoms with E-state index in [4.69, 9.17) is 4.74 Å². The summed E-state index contributed by atoms with van der Waals surface area (Å²) in [7, 11) is 0. The highest BCUT2D eigenvalue weighted by molar-refractivity contribution is 5.58. The normalized spacial score (nSPS) is 14.9. The van der Waals surface area contributed by atoms with Gasteiger partial charge >= 0.3 is 0 Å². The molecule has 0 atom stereocenters. The number of hydrogen-bond acceptors (Lipinski definition) is 2. The number of halogens is 1. The van der Waals surface area contributed by atoms with Gasteiger partial charge in [0.05, 0.1) is 5.70 Å². The van der Waals surface area contributed by atoms with Crippen LogP contribution in [-0.4, -0.2) is 0 Å². The number of ether oxygens (including phenoxy) is 1. The fraction of sp³-hybridized carbons (Fsp3) is 0.143. The first-order chi connectivity index (χ1) is 8.24. The molecule has 1 aliphatic rings. The van der Waals surface area contributed by atoms with Crippen LogP contribution in [0, 0.1) is 5.82 Å². The Balaban J connectivity index is 2.41. The Morgan fingerprint density at radius 2 is 2.29 bits per heavy atom. The van der Waals surface area contributed by atoms with E-state index in [2.05, 4.69) is 11.9 Å². The zero-order valence-electron chi connectivity index (χ0n) is 9.66. The number of allylic oxidation sites excluding steroid dienone is 3. The molecular weight excluding hydrogens is 217 g/mol. The largest absolute Gasteiger partial charge is 0.487 e. The summed E-state index contributed by atoms with van der Waals surface area (Å²) in [6.45, 7) is 6.00. The van der Waals surface area contributed by atoms with E-state index < -0.39 is 0 Å². The Kier molecular flexibility index (Phi) is 3.28. The third kappa shape index (κ3) is 2.38. The maximum absolute atomic E-state index is 13.1. The summed E-state index contributed by atoms with van der Waals surface area (Å²) >= 11 is 0. The van der Waals surface area contributed by atoms with Crippen LogP contribution >= 0.6 is 0 Å². The van der Waals surface area contributed by atoms with Gasteiger partial charge in [-0.15, -0.1) is 0 Å². The van der Waals surface area contributed by atoms with Crippen molar-refractivity contribution in [3.8, 4) is 0 Å². The lowest BCUT2D eigenvalue weighted by Crippen LogP contribution is -1.99. The van der Waals surface area contributed by atoms with E-state index in [-0.39, 0.29) is 5.82 Å². The molecule has 0 radical (unpaired) electrons. The van der Waals surface area contributed by atoms with Crippen molar-refractivity contribution < 1.29 is 9.13 Å². The zero-order chi connectivity index (χ0) is 12.3. The van der Waals surface area contributed by atoms with Crippen molar-refractivity contribution in [3.63, 3.8) is 0 Å². The molecule has 0 amide bonds. The first-order valence-electron chi connectivity index (χ1n) is 5.42. The lowest BCUT2D eigenvalue weighted by atomic mass is 10.2. The minimum absolute atomic E-state index is 0.260. The Morgan fingerprint density at radius 3 is 3.00 bits per heavy atom. The van der Waals surface area contributed by atoms with Gasteiger partial charge in [0.25, 0.3) is 0 Å². The highest BCUT2D eigenvalue weighted by atomic mass is 19.1. The summed E-state index contributed by atoms with van der Waals surface area (Å²) in [6.07, 6.45) is 5.43. The summed E-state index contributed by atoms with van der Waals surface area (Å²) in [5.74, 6) is 0.447. The van der Waals surface area contributed by atoms with Crippen LogP contribution < -0.4 is 5.32 Å².